The van der Waals surface area contributed by atoms with E-state index in [1.54, 1.807) is 24.3 Å². The summed E-state index contributed by atoms with van der Waals surface area (Å²) in [4.78, 5) is 23.8. The summed E-state index contributed by atoms with van der Waals surface area (Å²) in [5, 5.41) is 5.65. The Morgan fingerprint density at radius 2 is 1.64 bits per heavy atom. The molecule has 0 aromatic heterocycles. The second-order valence-corrected chi connectivity index (χ2v) is 5.44. The van der Waals surface area contributed by atoms with E-state index in [9.17, 15) is 9.59 Å². The van der Waals surface area contributed by atoms with Crippen molar-refractivity contribution in [2.75, 3.05) is 19.8 Å². The van der Waals surface area contributed by atoms with Crippen molar-refractivity contribution in [3.63, 3.8) is 0 Å². The zero-order chi connectivity index (χ0) is 17.5. The molecule has 0 atom stereocenters. The van der Waals surface area contributed by atoms with E-state index in [4.69, 9.17) is 9.47 Å². The predicted molar refractivity (Wildman–Crippen MR) is 92.2 cm³/mol. The lowest BCUT2D eigenvalue weighted by Gasteiger charge is -2.11. The molecule has 0 radical (unpaired) electrons. The zero-order valence-corrected chi connectivity index (χ0v) is 13.6. The van der Waals surface area contributed by atoms with E-state index < -0.39 is 5.97 Å². The lowest BCUT2D eigenvalue weighted by Crippen LogP contribution is -2.29. The highest BCUT2D eigenvalue weighted by Gasteiger charge is 2.22. The third kappa shape index (κ3) is 4.67. The summed E-state index contributed by atoms with van der Waals surface area (Å²) in [6.07, 6.45) is 0.681. The smallest absolute Gasteiger partial charge is 0.344 e. The van der Waals surface area contributed by atoms with Gasteiger partial charge in [-0.3, -0.25) is 4.79 Å². The molecule has 1 aliphatic rings. The van der Waals surface area contributed by atoms with Crippen molar-refractivity contribution in [3.05, 3.63) is 66.2 Å². The maximum Gasteiger partial charge on any atom is 0.344 e. The van der Waals surface area contributed by atoms with Crippen LogP contribution in [0.3, 0.4) is 0 Å². The number of para-hydroxylation sites is 1. The maximum atomic E-state index is 12.1. The molecule has 0 spiro atoms. The third-order valence-corrected chi connectivity index (χ3v) is 3.65. The van der Waals surface area contributed by atoms with Crippen molar-refractivity contribution in [1.29, 1.82) is 0 Å². The monoisotopic (exact) mass is 338 g/mol. The summed E-state index contributed by atoms with van der Waals surface area (Å²) in [5.41, 5.74) is 1.85. The van der Waals surface area contributed by atoms with Gasteiger partial charge in [-0.2, -0.15) is 5.10 Å². The number of carbonyl (C=O) groups is 2. The number of amides is 1. The van der Waals surface area contributed by atoms with Crippen LogP contribution in [0.1, 0.15) is 12.0 Å². The maximum absolute atomic E-state index is 12.1. The Balaban J connectivity index is 1.45. The third-order valence-electron chi connectivity index (χ3n) is 3.65. The summed E-state index contributed by atoms with van der Waals surface area (Å²) < 4.78 is 10.2. The number of ether oxygens (including phenoxy) is 2. The topological polar surface area (TPSA) is 68.2 Å². The van der Waals surface area contributed by atoms with Crippen molar-refractivity contribution < 1.29 is 19.1 Å². The van der Waals surface area contributed by atoms with E-state index >= 15 is 0 Å². The fourth-order valence-corrected chi connectivity index (χ4v) is 2.39. The Kier molecular flexibility index (Phi) is 5.41. The van der Waals surface area contributed by atoms with Crippen molar-refractivity contribution in [2.24, 2.45) is 5.10 Å². The second kappa shape index (κ2) is 8.10. The minimum Gasteiger partial charge on any atom is -0.482 e. The van der Waals surface area contributed by atoms with E-state index in [2.05, 4.69) is 5.10 Å². The first kappa shape index (κ1) is 16.7. The lowest BCUT2D eigenvalue weighted by molar-refractivity contribution is -0.153. The normalized spacial score (nSPS) is 13.3. The van der Waals surface area contributed by atoms with Gasteiger partial charge >= 0.3 is 5.97 Å². The molecule has 0 unspecified atom stereocenters. The fourth-order valence-electron chi connectivity index (χ4n) is 2.39. The second-order valence-electron chi connectivity index (χ2n) is 5.44. The lowest BCUT2D eigenvalue weighted by atomic mass is 10.1. The molecule has 0 saturated carbocycles. The van der Waals surface area contributed by atoms with Gasteiger partial charge in [0.05, 0.1) is 12.3 Å². The van der Waals surface area contributed by atoms with Crippen LogP contribution in [0.15, 0.2) is 65.8 Å². The molecule has 0 fully saturated rings. The minimum atomic E-state index is -0.594. The number of rotatable bonds is 6. The Bertz CT molecular complexity index is 760. The van der Waals surface area contributed by atoms with Gasteiger partial charge in [-0.1, -0.05) is 48.5 Å². The molecule has 3 rings (SSSR count). The Morgan fingerprint density at radius 1 is 0.960 bits per heavy atom. The quantitative estimate of drug-likeness (QED) is 0.758. The summed E-state index contributed by atoms with van der Waals surface area (Å²) in [7, 11) is 0. The standard InChI is InChI=1S/C19H18N2O4/c22-18(13-25-19(23)14-24-16-9-5-2-6-10-16)21-12-11-17(20-21)15-7-3-1-4-8-15/h1-10H,11-14H2. The molecule has 128 valence electrons. The van der Waals surface area contributed by atoms with E-state index in [-0.39, 0.29) is 19.1 Å². The molecular formula is C19H18N2O4. The molecule has 2 aromatic rings. The van der Waals surface area contributed by atoms with Gasteiger partial charge in [-0.15, -0.1) is 0 Å². The van der Waals surface area contributed by atoms with Crippen LogP contribution >= 0.6 is 0 Å². The van der Waals surface area contributed by atoms with E-state index in [1.165, 1.54) is 5.01 Å². The predicted octanol–water partition coefficient (Wildman–Crippen LogP) is 2.25. The van der Waals surface area contributed by atoms with Crippen LogP contribution in [-0.4, -0.2) is 42.4 Å². The molecule has 0 saturated heterocycles. The summed E-state index contributed by atoms with van der Waals surface area (Å²) in [6, 6.07) is 18.6. The first-order chi connectivity index (χ1) is 12.2. The van der Waals surface area contributed by atoms with Crippen molar-refractivity contribution in [3.8, 4) is 5.75 Å². The number of nitrogens with zero attached hydrogens (tertiary/aromatic N) is 2. The number of hydrazone groups is 1. The molecule has 25 heavy (non-hydrogen) atoms. The van der Waals surface area contributed by atoms with Crippen LogP contribution in [0, 0.1) is 0 Å². The molecule has 2 aromatic carbocycles. The van der Waals surface area contributed by atoms with Crippen LogP contribution in [0.2, 0.25) is 0 Å². The fraction of sp³-hybridized carbons (Fsp3) is 0.211. The van der Waals surface area contributed by atoms with Crippen molar-refractivity contribution in [1.82, 2.24) is 5.01 Å². The van der Waals surface area contributed by atoms with Crippen LogP contribution in [-0.2, 0) is 14.3 Å². The zero-order valence-electron chi connectivity index (χ0n) is 13.6. The highest BCUT2D eigenvalue weighted by atomic mass is 16.6. The van der Waals surface area contributed by atoms with E-state index in [0.717, 1.165) is 11.3 Å². The van der Waals surface area contributed by atoms with E-state index in [0.29, 0.717) is 18.7 Å². The molecule has 0 bridgehead atoms. The summed E-state index contributed by atoms with van der Waals surface area (Å²) in [5.74, 6) is -0.370. The average molecular weight is 338 g/mol. The molecule has 1 aliphatic heterocycles. The molecule has 6 nitrogen and oxygen atoms in total. The highest BCUT2D eigenvalue weighted by molar-refractivity contribution is 6.02. The Morgan fingerprint density at radius 3 is 2.36 bits per heavy atom. The molecular weight excluding hydrogens is 320 g/mol. The number of hydrogen-bond donors (Lipinski definition) is 0. The SMILES string of the molecule is O=C(COc1ccccc1)OCC(=O)N1CCC(c2ccccc2)=N1. The van der Waals surface area contributed by atoms with Gasteiger partial charge in [0.15, 0.2) is 13.2 Å². The van der Waals surface area contributed by atoms with Gasteiger partial charge in [-0.25, -0.2) is 9.80 Å². The summed E-state index contributed by atoms with van der Waals surface area (Å²) >= 11 is 0. The Labute approximate surface area is 145 Å². The van der Waals surface area contributed by atoms with Gasteiger partial charge in [0.2, 0.25) is 0 Å². The van der Waals surface area contributed by atoms with Crippen molar-refractivity contribution >= 4 is 17.6 Å². The number of carbonyl (C=O) groups excluding carboxylic acids is 2. The van der Waals surface area contributed by atoms with Gasteiger partial charge < -0.3 is 9.47 Å². The number of benzene rings is 2. The van der Waals surface area contributed by atoms with Gasteiger partial charge in [-0.05, 0) is 17.7 Å². The average Bonchev–Trinajstić information content (AvgIpc) is 3.16. The molecule has 0 N–H and O–H groups in total. The largest absolute Gasteiger partial charge is 0.482 e. The van der Waals surface area contributed by atoms with Crippen molar-refractivity contribution in [2.45, 2.75) is 6.42 Å². The first-order valence-corrected chi connectivity index (χ1v) is 7.99. The van der Waals surface area contributed by atoms with Crippen LogP contribution in [0.25, 0.3) is 0 Å². The van der Waals surface area contributed by atoms with Gasteiger partial charge in [0.25, 0.3) is 5.91 Å². The minimum absolute atomic E-state index is 0.240. The number of hydrogen-bond acceptors (Lipinski definition) is 5. The van der Waals surface area contributed by atoms with Gasteiger partial charge in [0.1, 0.15) is 5.75 Å². The highest BCUT2D eigenvalue weighted by Crippen LogP contribution is 2.14. The van der Waals surface area contributed by atoms with Crippen LogP contribution in [0.5, 0.6) is 5.75 Å². The van der Waals surface area contributed by atoms with E-state index in [1.807, 2.05) is 36.4 Å². The molecule has 6 heteroatoms. The first-order valence-electron chi connectivity index (χ1n) is 7.99. The van der Waals surface area contributed by atoms with Crippen LogP contribution in [0.4, 0.5) is 0 Å². The Hall–Kier alpha value is -3.15. The summed E-state index contributed by atoms with van der Waals surface area (Å²) in [6.45, 7) is -0.0977. The molecule has 1 heterocycles. The number of esters is 1. The molecule has 1 amide bonds. The van der Waals surface area contributed by atoms with Gasteiger partial charge in [0, 0.05) is 6.42 Å². The molecule has 0 aliphatic carbocycles. The van der Waals surface area contributed by atoms with Crippen LogP contribution < -0.4 is 4.74 Å².